The van der Waals surface area contributed by atoms with E-state index in [9.17, 15) is 0 Å². The Hall–Kier alpha value is -6.65. The Labute approximate surface area is 303 Å². The van der Waals surface area contributed by atoms with Crippen LogP contribution in [0, 0.1) is 0 Å². The minimum atomic E-state index is -0.522. The lowest BCUT2D eigenvalue weighted by Gasteiger charge is -2.51. The highest BCUT2D eigenvalue weighted by atomic mass is 16.3. The summed E-state index contributed by atoms with van der Waals surface area (Å²) in [5.41, 5.74) is 23.8. The number of nitrogens with zero attached hydrogens (tertiary/aromatic N) is 2. The minimum Gasteiger partial charge on any atom is -0.424 e. The van der Waals surface area contributed by atoms with Crippen LogP contribution in [-0.2, 0) is 10.8 Å². The first-order chi connectivity index (χ1) is 26.3. The summed E-state index contributed by atoms with van der Waals surface area (Å²) in [6, 6.07) is 57.7. The number of rotatable bonds is 0. The minimum absolute atomic E-state index is 0.0357. The lowest BCUT2D eigenvalue weighted by atomic mass is 9.25. The lowest BCUT2D eigenvalue weighted by Crippen LogP contribution is -2.69. The van der Waals surface area contributed by atoms with Crippen molar-refractivity contribution in [2.75, 3.05) is 0 Å². The standard InChI is InChI=1S/C49H25BN2O/c1-5-16-31-27(12-1)28-13-2-6-17-32(28)48(31)35-20-10-21-36-42(35)50-43-37(48)23-24-39-45(43)52-46-41-26(11-9-22-40(41)53-47(52)51-39)25-38(44(46)50)49(36)33-18-7-3-14-29(33)30-15-4-8-19-34(30)49/h1-25H. The molecule has 10 aromatic rings. The molecule has 8 aromatic carbocycles. The van der Waals surface area contributed by atoms with E-state index in [0.29, 0.717) is 5.84 Å². The zero-order valence-corrected chi connectivity index (χ0v) is 28.3. The van der Waals surface area contributed by atoms with E-state index in [1.54, 1.807) is 0 Å². The molecule has 5 heterocycles. The Morgan fingerprint density at radius 2 is 0.962 bits per heavy atom. The maximum atomic E-state index is 6.78. The fraction of sp³-hybridized carbons (Fsp3) is 0.0408. The normalized spacial score (nSPS) is 16.2. The second-order valence-corrected chi connectivity index (χ2v) is 15.6. The Balaban J connectivity index is 1.28. The van der Waals surface area contributed by atoms with Crippen molar-refractivity contribution < 1.29 is 4.42 Å². The molecule has 0 atom stereocenters. The van der Waals surface area contributed by atoms with Crippen molar-refractivity contribution in [3.63, 3.8) is 0 Å². The van der Waals surface area contributed by atoms with Gasteiger partial charge in [0, 0.05) is 5.39 Å². The van der Waals surface area contributed by atoms with E-state index in [4.69, 9.17) is 9.40 Å². The van der Waals surface area contributed by atoms with E-state index in [1.165, 1.54) is 105 Å². The first-order valence-electron chi connectivity index (χ1n) is 18.7. The van der Waals surface area contributed by atoms with Crippen molar-refractivity contribution in [3.05, 3.63) is 196 Å². The van der Waals surface area contributed by atoms with Crippen LogP contribution in [0.2, 0.25) is 0 Å². The molecule has 2 aromatic heterocycles. The molecule has 0 saturated carbocycles. The molecule has 0 saturated heterocycles. The second kappa shape index (κ2) is 8.19. The molecular formula is C49H25BN2O. The highest BCUT2D eigenvalue weighted by Gasteiger charge is 2.61. The molecule has 4 heteroatoms. The number of hydrogen-bond acceptors (Lipinski definition) is 2. The van der Waals surface area contributed by atoms with Crippen LogP contribution in [0.25, 0.3) is 61.0 Å². The molecular weight excluding hydrogens is 643 g/mol. The van der Waals surface area contributed by atoms with Gasteiger partial charge in [-0.25, -0.2) is 0 Å². The summed E-state index contributed by atoms with van der Waals surface area (Å²) in [5.74, 6) is 0.660. The summed E-state index contributed by atoms with van der Waals surface area (Å²) < 4.78 is 9.18. The highest BCUT2D eigenvalue weighted by molar-refractivity contribution is 7.00. The van der Waals surface area contributed by atoms with E-state index >= 15 is 0 Å². The third-order valence-electron chi connectivity index (χ3n) is 13.9. The van der Waals surface area contributed by atoms with Crippen molar-refractivity contribution in [2.24, 2.45) is 0 Å². The maximum absolute atomic E-state index is 6.78. The molecule has 53 heavy (non-hydrogen) atoms. The molecule has 0 radical (unpaired) electrons. The predicted octanol–water partition coefficient (Wildman–Crippen LogP) is 8.57. The van der Waals surface area contributed by atoms with Crippen molar-refractivity contribution in [3.8, 4) is 22.3 Å². The molecule has 3 aliphatic heterocycles. The van der Waals surface area contributed by atoms with E-state index in [1.807, 2.05) is 0 Å². The van der Waals surface area contributed by atoms with E-state index in [2.05, 4.69) is 156 Å². The zero-order valence-electron chi connectivity index (χ0n) is 28.3. The SMILES string of the molecule is c1ccc2c(c1)-c1ccccc1C21c2cccc3c2B2c4c1ccc1nc5oc6cccc7cc(c2c(c76)n5c41)C31c2ccccc2-c2ccccc21. The fourth-order valence-corrected chi connectivity index (χ4v) is 12.4. The Morgan fingerprint density at radius 1 is 0.453 bits per heavy atom. The van der Waals surface area contributed by atoms with Crippen molar-refractivity contribution in [1.82, 2.24) is 9.38 Å². The number of fused-ring (bicyclic) bond motifs is 14. The van der Waals surface area contributed by atoms with Gasteiger partial charge in [0.15, 0.2) is 0 Å². The Kier molecular flexibility index (Phi) is 4.05. The lowest BCUT2D eigenvalue weighted by molar-refractivity contribution is 0.624. The van der Waals surface area contributed by atoms with E-state index in [0.717, 1.165) is 11.1 Å². The third-order valence-corrected chi connectivity index (χ3v) is 13.9. The number of hydrogen-bond donors (Lipinski definition) is 0. The Bertz CT molecular complexity index is 3350. The van der Waals surface area contributed by atoms with Crippen LogP contribution in [0.5, 0.6) is 0 Å². The molecule has 240 valence electrons. The zero-order chi connectivity index (χ0) is 33.9. The topological polar surface area (TPSA) is 30.4 Å². The van der Waals surface area contributed by atoms with Gasteiger partial charge in [0.1, 0.15) is 5.58 Å². The van der Waals surface area contributed by atoms with Crippen LogP contribution in [0.3, 0.4) is 0 Å². The third kappa shape index (κ3) is 2.45. The van der Waals surface area contributed by atoms with Gasteiger partial charge in [0.25, 0.3) is 0 Å². The molecule has 2 aliphatic carbocycles. The van der Waals surface area contributed by atoms with Crippen LogP contribution in [0.15, 0.2) is 156 Å². The van der Waals surface area contributed by atoms with Gasteiger partial charge < -0.3 is 4.42 Å². The van der Waals surface area contributed by atoms with Crippen LogP contribution in [0.1, 0.15) is 44.5 Å². The fourth-order valence-electron chi connectivity index (χ4n) is 12.4. The summed E-state index contributed by atoms with van der Waals surface area (Å²) in [6.45, 7) is 0.0357. The molecule has 0 amide bonds. The van der Waals surface area contributed by atoms with Gasteiger partial charge in [-0.3, -0.25) is 4.40 Å². The number of imidazole rings is 1. The monoisotopic (exact) mass is 668 g/mol. The van der Waals surface area contributed by atoms with E-state index in [-0.39, 0.29) is 6.71 Å². The summed E-state index contributed by atoms with van der Waals surface area (Å²) in [7, 11) is 0. The molecule has 0 unspecified atom stereocenters. The Morgan fingerprint density at radius 3 is 1.58 bits per heavy atom. The van der Waals surface area contributed by atoms with Crippen molar-refractivity contribution in [2.45, 2.75) is 10.8 Å². The summed E-state index contributed by atoms with van der Waals surface area (Å²) in [6.07, 6.45) is 0. The quantitative estimate of drug-likeness (QED) is 0.152. The van der Waals surface area contributed by atoms with Crippen LogP contribution >= 0.6 is 0 Å². The molecule has 15 rings (SSSR count). The average Bonchev–Trinajstić information content (AvgIpc) is 3.84. The smallest absolute Gasteiger partial charge is 0.307 e. The predicted molar refractivity (Wildman–Crippen MR) is 213 cm³/mol. The van der Waals surface area contributed by atoms with Crippen LogP contribution in [0.4, 0.5) is 0 Å². The van der Waals surface area contributed by atoms with Crippen LogP contribution in [-0.4, -0.2) is 16.1 Å². The molecule has 0 N–H and O–H groups in total. The van der Waals surface area contributed by atoms with Crippen LogP contribution < -0.4 is 16.4 Å². The molecule has 0 bridgehead atoms. The van der Waals surface area contributed by atoms with Gasteiger partial charge in [-0.15, -0.1) is 0 Å². The number of aromatic nitrogens is 2. The second-order valence-electron chi connectivity index (χ2n) is 15.6. The first-order valence-corrected chi connectivity index (χ1v) is 18.7. The van der Waals surface area contributed by atoms with Gasteiger partial charge >= 0.3 is 5.84 Å². The maximum Gasteiger partial charge on any atom is 0.307 e. The van der Waals surface area contributed by atoms with Gasteiger partial charge in [-0.2, -0.15) is 4.98 Å². The molecule has 0 fully saturated rings. The molecule has 5 aliphatic rings. The van der Waals surface area contributed by atoms with E-state index < -0.39 is 10.8 Å². The van der Waals surface area contributed by atoms with Gasteiger partial charge in [0.2, 0.25) is 6.71 Å². The summed E-state index contributed by atoms with van der Waals surface area (Å²) >= 11 is 0. The molecule has 3 nitrogen and oxygen atoms in total. The van der Waals surface area contributed by atoms with Gasteiger partial charge in [-0.05, 0) is 101 Å². The number of benzene rings is 8. The summed E-state index contributed by atoms with van der Waals surface area (Å²) in [4.78, 5) is 5.28. The molecule has 2 spiro atoms. The van der Waals surface area contributed by atoms with Gasteiger partial charge in [-0.1, -0.05) is 139 Å². The largest absolute Gasteiger partial charge is 0.424 e. The van der Waals surface area contributed by atoms with Crippen molar-refractivity contribution in [1.29, 1.82) is 0 Å². The highest BCUT2D eigenvalue weighted by Crippen LogP contribution is 2.61. The van der Waals surface area contributed by atoms with Gasteiger partial charge in [0.05, 0.1) is 27.4 Å². The van der Waals surface area contributed by atoms with Crippen molar-refractivity contribution >= 4 is 61.9 Å². The average molecular weight is 669 g/mol. The summed E-state index contributed by atoms with van der Waals surface area (Å²) in [5, 5.41) is 2.39. The first kappa shape index (κ1) is 26.2.